The van der Waals surface area contributed by atoms with E-state index in [4.69, 9.17) is 0 Å². The van der Waals surface area contributed by atoms with Crippen molar-refractivity contribution in [3.05, 3.63) is 72.4 Å². The van der Waals surface area contributed by atoms with Crippen molar-refractivity contribution in [3.63, 3.8) is 0 Å². The van der Waals surface area contributed by atoms with Gasteiger partial charge in [-0.2, -0.15) is 0 Å². The Balaban J connectivity index is 1.71. The highest BCUT2D eigenvalue weighted by Gasteiger charge is 2.07. The monoisotopic (exact) mass is 286 g/mol. The summed E-state index contributed by atoms with van der Waals surface area (Å²) in [7, 11) is 0. The van der Waals surface area contributed by atoms with Crippen molar-refractivity contribution in [1.29, 1.82) is 0 Å². The van der Waals surface area contributed by atoms with Crippen molar-refractivity contribution in [2.45, 2.75) is 6.54 Å². The molecule has 0 aliphatic heterocycles. The van der Waals surface area contributed by atoms with Crippen LogP contribution in [0.2, 0.25) is 0 Å². The zero-order valence-electron chi connectivity index (χ0n) is 11.0. The van der Waals surface area contributed by atoms with Crippen LogP contribution in [0, 0.1) is 11.6 Å². The summed E-state index contributed by atoms with van der Waals surface area (Å²) in [5, 5.41) is 2.95. The van der Waals surface area contributed by atoms with Gasteiger partial charge >= 0.3 is 0 Å². The van der Waals surface area contributed by atoms with Gasteiger partial charge in [0.2, 0.25) is 0 Å². The number of aromatic nitrogens is 3. The molecule has 0 atom stereocenters. The summed E-state index contributed by atoms with van der Waals surface area (Å²) in [6.07, 6.45) is 6.69. The Morgan fingerprint density at radius 1 is 1.10 bits per heavy atom. The molecular weight excluding hydrogens is 274 g/mol. The maximum Gasteiger partial charge on any atom is 0.137 e. The van der Waals surface area contributed by atoms with Crippen LogP contribution in [0.1, 0.15) is 5.56 Å². The lowest BCUT2D eigenvalue weighted by Gasteiger charge is -2.09. The number of rotatable bonds is 4. The molecule has 0 amide bonds. The van der Waals surface area contributed by atoms with E-state index in [0.29, 0.717) is 5.69 Å². The lowest BCUT2D eigenvalue weighted by Crippen LogP contribution is -2.05. The topological polar surface area (TPSA) is 42.7 Å². The van der Waals surface area contributed by atoms with Gasteiger partial charge in [-0.3, -0.25) is 4.57 Å². The number of imidazole rings is 1. The Morgan fingerprint density at radius 2 is 1.90 bits per heavy atom. The van der Waals surface area contributed by atoms with E-state index < -0.39 is 11.6 Å². The van der Waals surface area contributed by atoms with Gasteiger partial charge in [-0.05, 0) is 24.3 Å². The van der Waals surface area contributed by atoms with Gasteiger partial charge in [0.05, 0.1) is 11.9 Å². The predicted molar refractivity (Wildman–Crippen MR) is 75.0 cm³/mol. The number of hydrogen-bond donors (Lipinski definition) is 1. The van der Waals surface area contributed by atoms with E-state index in [1.165, 1.54) is 18.2 Å². The van der Waals surface area contributed by atoms with Crippen LogP contribution in [0.5, 0.6) is 0 Å². The first-order valence-corrected chi connectivity index (χ1v) is 6.35. The average Bonchev–Trinajstić information content (AvgIpc) is 3.02. The summed E-state index contributed by atoms with van der Waals surface area (Å²) in [5.41, 5.74) is 0.692. The van der Waals surface area contributed by atoms with Crippen molar-refractivity contribution >= 4 is 5.69 Å². The van der Waals surface area contributed by atoms with Gasteiger partial charge in [0.15, 0.2) is 0 Å². The molecule has 0 unspecified atom stereocenters. The van der Waals surface area contributed by atoms with Gasteiger partial charge in [-0.1, -0.05) is 6.07 Å². The number of hydrogen-bond acceptors (Lipinski definition) is 3. The van der Waals surface area contributed by atoms with Gasteiger partial charge in [0.25, 0.3) is 0 Å². The molecule has 0 aliphatic carbocycles. The highest BCUT2D eigenvalue weighted by Crippen LogP contribution is 2.15. The van der Waals surface area contributed by atoms with Crippen LogP contribution in [-0.2, 0) is 6.54 Å². The molecule has 0 saturated heterocycles. The number of nitrogens with zero attached hydrogens (tertiary/aromatic N) is 3. The molecule has 106 valence electrons. The van der Waals surface area contributed by atoms with Gasteiger partial charge in [-0.25, -0.2) is 18.7 Å². The Bertz CT molecular complexity index is 704. The van der Waals surface area contributed by atoms with E-state index in [0.717, 1.165) is 5.82 Å². The van der Waals surface area contributed by atoms with Crippen molar-refractivity contribution < 1.29 is 8.78 Å². The third-order valence-electron chi connectivity index (χ3n) is 3.05. The Kier molecular flexibility index (Phi) is 3.59. The van der Waals surface area contributed by atoms with Gasteiger partial charge in [0.1, 0.15) is 23.8 Å². The smallest absolute Gasteiger partial charge is 0.137 e. The first-order valence-electron chi connectivity index (χ1n) is 6.35. The fraction of sp³-hybridized carbons (Fsp3) is 0.0667. The molecule has 3 aromatic rings. The fourth-order valence-electron chi connectivity index (χ4n) is 1.93. The molecule has 2 aromatic heterocycles. The van der Waals surface area contributed by atoms with E-state index in [9.17, 15) is 8.78 Å². The maximum atomic E-state index is 13.5. The molecule has 0 fully saturated rings. The van der Waals surface area contributed by atoms with E-state index in [1.54, 1.807) is 41.6 Å². The number of nitrogens with one attached hydrogen (secondary N) is 1. The van der Waals surface area contributed by atoms with Gasteiger partial charge < -0.3 is 5.32 Å². The van der Waals surface area contributed by atoms with E-state index >= 15 is 0 Å². The summed E-state index contributed by atoms with van der Waals surface area (Å²) in [5.74, 6) is -0.411. The number of benzene rings is 1. The van der Waals surface area contributed by atoms with Crippen LogP contribution in [0.3, 0.4) is 0 Å². The van der Waals surface area contributed by atoms with Crippen molar-refractivity contribution in [2.24, 2.45) is 0 Å². The normalized spacial score (nSPS) is 10.6. The standard InChI is InChI=1S/C15H12F2N4/c16-13-2-1-3-14(17)12(13)9-19-11-4-5-15(20-8-11)21-7-6-18-10-21/h1-8,10,19H,9H2. The molecule has 1 N–H and O–H groups in total. The minimum absolute atomic E-state index is 0.0104. The van der Waals surface area contributed by atoms with Crippen molar-refractivity contribution in [3.8, 4) is 5.82 Å². The zero-order chi connectivity index (χ0) is 14.7. The SMILES string of the molecule is Fc1cccc(F)c1CNc1ccc(-n2ccnc2)nc1. The second kappa shape index (κ2) is 5.70. The van der Waals surface area contributed by atoms with Crippen molar-refractivity contribution in [2.75, 3.05) is 5.32 Å². The third-order valence-corrected chi connectivity index (χ3v) is 3.05. The highest BCUT2D eigenvalue weighted by molar-refractivity contribution is 5.44. The number of anilines is 1. The first-order chi connectivity index (χ1) is 10.2. The number of pyridine rings is 1. The van der Waals surface area contributed by atoms with Crippen LogP contribution in [0.25, 0.3) is 5.82 Å². The molecular formula is C15H12F2N4. The summed E-state index contributed by atoms with van der Waals surface area (Å²) >= 11 is 0. The molecule has 3 rings (SSSR count). The molecule has 2 heterocycles. The van der Waals surface area contributed by atoms with Gasteiger partial charge in [-0.15, -0.1) is 0 Å². The number of halogens is 2. The van der Waals surface area contributed by atoms with Crippen molar-refractivity contribution in [1.82, 2.24) is 14.5 Å². The molecule has 1 aromatic carbocycles. The minimum atomic E-state index is -0.564. The van der Waals surface area contributed by atoms with E-state index in [1.807, 2.05) is 0 Å². The van der Waals surface area contributed by atoms with Gasteiger partial charge in [0, 0.05) is 24.5 Å². The Morgan fingerprint density at radius 3 is 2.52 bits per heavy atom. The van der Waals surface area contributed by atoms with Crippen LogP contribution in [0.4, 0.5) is 14.5 Å². The first kappa shape index (κ1) is 13.2. The van der Waals surface area contributed by atoms with E-state index in [-0.39, 0.29) is 12.1 Å². The van der Waals surface area contributed by atoms with Crippen LogP contribution in [0.15, 0.2) is 55.2 Å². The Labute approximate surface area is 120 Å². The second-order valence-electron chi connectivity index (χ2n) is 4.43. The molecule has 0 spiro atoms. The quantitative estimate of drug-likeness (QED) is 0.801. The highest BCUT2D eigenvalue weighted by atomic mass is 19.1. The molecule has 0 radical (unpaired) electrons. The van der Waals surface area contributed by atoms with E-state index in [2.05, 4.69) is 15.3 Å². The average molecular weight is 286 g/mol. The van der Waals surface area contributed by atoms with Crippen LogP contribution in [-0.4, -0.2) is 14.5 Å². The largest absolute Gasteiger partial charge is 0.379 e. The predicted octanol–water partition coefficient (Wildman–Crippen LogP) is 3.16. The fourth-order valence-corrected chi connectivity index (χ4v) is 1.93. The van der Waals surface area contributed by atoms with Crippen LogP contribution >= 0.6 is 0 Å². The molecule has 21 heavy (non-hydrogen) atoms. The molecule has 0 bridgehead atoms. The second-order valence-corrected chi connectivity index (χ2v) is 4.43. The summed E-state index contributed by atoms with van der Waals surface area (Å²) in [4.78, 5) is 8.19. The third kappa shape index (κ3) is 2.89. The zero-order valence-corrected chi connectivity index (χ0v) is 11.0. The summed E-state index contributed by atoms with van der Waals surface area (Å²) in [6.45, 7) is 0.0601. The minimum Gasteiger partial charge on any atom is -0.379 e. The molecule has 4 nitrogen and oxygen atoms in total. The summed E-state index contributed by atoms with van der Waals surface area (Å²) < 4.78 is 28.8. The lowest BCUT2D eigenvalue weighted by molar-refractivity contribution is 0.560. The lowest BCUT2D eigenvalue weighted by atomic mass is 10.2. The molecule has 0 saturated carbocycles. The maximum absolute atomic E-state index is 13.5. The molecule has 6 heteroatoms. The molecule has 0 aliphatic rings. The Hall–Kier alpha value is -2.76. The summed E-state index contributed by atoms with van der Waals surface area (Å²) in [6, 6.07) is 7.40. The van der Waals surface area contributed by atoms with Crippen LogP contribution < -0.4 is 5.32 Å².